The highest BCUT2D eigenvalue weighted by atomic mass is 79.9. The molecule has 1 aliphatic heterocycles. The molecule has 1 aromatic rings. The van der Waals surface area contributed by atoms with Crippen molar-refractivity contribution in [1.82, 2.24) is 10.2 Å². The van der Waals surface area contributed by atoms with Crippen LogP contribution in [0.2, 0.25) is 0 Å². The van der Waals surface area contributed by atoms with E-state index in [2.05, 4.69) is 21.2 Å². The lowest BCUT2D eigenvalue weighted by Gasteiger charge is -2.19. The Morgan fingerprint density at radius 3 is 2.94 bits per heavy atom. The quantitative estimate of drug-likeness (QED) is 0.896. The third kappa shape index (κ3) is 2.48. The molecule has 1 heterocycles. The molecule has 6 heteroatoms. The Kier molecular flexibility index (Phi) is 3.56. The van der Waals surface area contributed by atoms with E-state index in [0.717, 1.165) is 10.0 Å². The van der Waals surface area contributed by atoms with Crippen LogP contribution < -0.4 is 5.32 Å². The maximum Gasteiger partial charge on any atom is 0.326 e. The molecule has 5 nitrogen and oxygen atoms in total. The molecule has 1 saturated heterocycles. The molecule has 2 rings (SSSR count). The van der Waals surface area contributed by atoms with Gasteiger partial charge in [-0.1, -0.05) is 28.1 Å². The van der Waals surface area contributed by atoms with Crippen molar-refractivity contribution in [3.05, 3.63) is 34.3 Å². The number of amides is 2. The predicted octanol–water partition coefficient (Wildman–Crippen LogP) is 1.99. The monoisotopic (exact) mass is 312 g/mol. The summed E-state index contributed by atoms with van der Waals surface area (Å²) in [7, 11) is 0. The zero-order valence-electron chi connectivity index (χ0n) is 9.76. The van der Waals surface area contributed by atoms with Gasteiger partial charge >= 0.3 is 12.0 Å². The summed E-state index contributed by atoms with van der Waals surface area (Å²) in [4.78, 5) is 24.0. The molecule has 2 amide bonds. The number of carbonyl (C=O) groups excluding carboxylic acids is 1. The number of nitrogens with zero attached hydrogens (tertiary/aromatic N) is 1. The molecule has 1 fully saturated rings. The number of carboxylic acids is 1. The molecule has 0 bridgehead atoms. The lowest BCUT2D eigenvalue weighted by molar-refractivity contribution is -0.141. The van der Waals surface area contributed by atoms with Crippen LogP contribution in [0.3, 0.4) is 0 Å². The van der Waals surface area contributed by atoms with E-state index in [0.29, 0.717) is 6.54 Å². The number of nitrogens with one attached hydrogen (secondary N) is 1. The standard InChI is InChI=1S/C12H13BrN2O3/c1-7(11(16)17)15-6-10(14-12(15)18)8-3-2-4-9(13)5-8/h2-5,7,10H,6H2,1H3,(H,14,18)(H,16,17). The molecule has 0 aliphatic carbocycles. The first kappa shape index (κ1) is 12.9. The molecular formula is C12H13BrN2O3. The lowest BCUT2D eigenvalue weighted by Crippen LogP contribution is -2.40. The number of carboxylic acid groups (broad SMARTS) is 1. The van der Waals surface area contributed by atoms with E-state index in [-0.39, 0.29) is 12.1 Å². The van der Waals surface area contributed by atoms with E-state index in [1.807, 2.05) is 24.3 Å². The van der Waals surface area contributed by atoms with Crippen molar-refractivity contribution in [3.8, 4) is 0 Å². The van der Waals surface area contributed by atoms with Gasteiger partial charge in [0.2, 0.25) is 0 Å². The number of urea groups is 1. The highest BCUT2D eigenvalue weighted by molar-refractivity contribution is 9.10. The Bertz CT molecular complexity index is 492. The minimum absolute atomic E-state index is 0.170. The summed E-state index contributed by atoms with van der Waals surface area (Å²) in [6, 6.07) is 6.28. The zero-order valence-corrected chi connectivity index (χ0v) is 11.3. The maximum atomic E-state index is 11.7. The molecule has 2 atom stereocenters. The fourth-order valence-electron chi connectivity index (χ4n) is 1.94. The topological polar surface area (TPSA) is 69.6 Å². The van der Waals surface area contributed by atoms with Crippen LogP contribution in [-0.4, -0.2) is 34.6 Å². The molecular weight excluding hydrogens is 300 g/mol. The first-order valence-electron chi connectivity index (χ1n) is 5.54. The van der Waals surface area contributed by atoms with Crippen LogP contribution in [0.4, 0.5) is 4.79 Å². The average molecular weight is 313 g/mol. The minimum atomic E-state index is -1.000. The Morgan fingerprint density at radius 1 is 1.61 bits per heavy atom. The van der Waals surface area contributed by atoms with E-state index in [9.17, 15) is 9.59 Å². The van der Waals surface area contributed by atoms with Crippen molar-refractivity contribution in [2.75, 3.05) is 6.54 Å². The second-order valence-electron chi connectivity index (χ2n) is 4.22. The number of rotatable bonds is 3. The van der Waals surface area contributed by atoms with Gasteiger partial charge in [-0.25, -0.2) is 9.59 Å². The van der Waals surface area contributed by atoms with Crippen molar-refractivity contribution in [3.63, 3.8) is 0 Å². The van der Waals surface area contributed by atoms with Gasteiger partial charge in [0.15, 0.2) is 0 Å². The molecule has 0 saturated carbocycles. The summed E-state index contributed by atoms with van der Waals surface area (Å²) in [5.41, 5.74) is 0.956. The molecule has 1 aromatic carbocycles. The third-order valence-electron chi connectivity index (χ3n) is 3.01. The van der Waals surface area contributed by atoms with E-state index in [1.54, 1.807) is 0 Å². The third-order valence-corrected chi connectivity index (χ3v) is 3.51. The van der Waals surface area contributed by atoms with Crippen molar-refractivity contribution in [2.45, 2.75) is 19.0 Å². The van der Waals surface area contributed by atoms with Gasteiger partial charge in [0.1, 0.15) is 6.04 Å². The van der Waals surface area contributed by atoms with Gasteiger partial charge in [0.25, 0.3) is 0 Å². The largest absolute Gasteiger partial charge is 0.480 e. The number of hydrogen-bond donors (Lipinski definition) is 2. The van der Waals surface area contributed by atoms with Gasteiger partial charge in [-0.3, -0.25) is 0 Å². The molecule has 0 spiro atoms. The molecule has 96 valence electrons. The van der Waals surface area contributed by atoms with Crippen LogP contribution in [-0.2, 0) is 4.79 Å². The summed E-state index contributed by atoms with van der Waals surface area (Å²) in [5, 5.41) is 11.7. The Morgan fingerprint density at radius 2 is 2.33 bits per heavy atom. The molecule has 1 aliphatic rings. The van der Waals surface area contributed by atoms with Gasteiger partial charge in [0, 0.05) is 11.0 Å². The van der Waals surface area contributed by atoms with E-state index < -0.39 is 12.0 Å². The van der Waals surface area contributed by atoms with Crippen LogP contribution in [0, 0.1) is 0 Å². The highest BCUT2D eigenvalue weighted by Gasteiger charge is 2.35. The zero-order chi connectivity index (χ0) is 13.3. The van der Waals surface area contributed by atoms with Gasteiger partial charge in [-0.05, 0) is 24.6 Å². The molecule has 2 N–H and O–H groups in total. The second kappa shape index (κ2) is 4.97. The molecule has 0 aromatic heterocycles. The first-order chi connectivity index (χ1) is 8.49. The smallest absolute Gasteiger partial charge is 0.326 e. The molecule has 0 radical (unpaired) electrons. The SMILES string of the molecule is CC(C(=O)O)N1CC(c2cccc(Br)c2)NC1=O. The van der Waals surface area contributed by atoms with Gasteiger partial charge in [-0.2, -0.15) is 0 Å². The van der Waals surface area contributed by atoms with Crippen LogP contribution in [0.15, 0.2) is 28.7 Å². The number of benzene rings is 1. The lowest BCUT2D eigenvalue weighted by atomic mass is 10.1. The van der Waals surface area contributed by atoms with Crippen molar-refractivity contribution < 1.29 is 14.7 Å². The van der Waals surface area contributed by atoms with Crippen LogP contribution in [0.5, 0.6) is 0 Å². The minimum Gasteiger partial charge on any atom is -0.480 e. The first-order valence-corrected chi connectivity index (χ1v) is 6.33. The number of aliphatic carboxylic acids is 1. The van der Waals surface area contributed by atoms with Gasteiger partial charge in [-0.15, -0.1) is 0 Å². The summed E-state index contributed by atoms with van der Waals surface area (Å²) in [6.07, 6.45) is 0. The summed E-state index contributed by atoms with van der Waals surface area (Å²) in [6.45, 7) is 1.87. The van der Waals surface area contributed by atoms with Gasteiger partial charge in [0.05, 0.1) is 6.04 Å². The highest BCUT2D eigenvalue weighted by Crippen LogP contribution is 2.24. The fourth-order valence-corrected chi connectivity index (χ4v) is 2.35. The second-order valence-corrected chi connectivity index (χ2v) is 5.14. The van der Waals surface area contributed by atoms with Crippen molar-refractivity contribution >= 4 is 27.9 Å². The van der Waals surface area contributed by atoms with Crippen LogP contribution in [0.25, 0.3) is 0 Å². The Labute approximate surface area is 113 Å². The number of hydrogen-bond acceptors (Lipinski definition) is 2. The number of halogens is 1. The Balaban J connectivity index is 2.16. The number of carbonyl (C=O) groups is 2. The average Bonchev–Trinajstić information content (AvgIpc) is 2.70. The van der Waals surface area contributed by atoms with Gasteiger partial charge < -0.3 is 15.3 Å². The normalized spacial score (nSPS) is 20.7. The van der Waals surface area contributed by atoms with Crippen molar-refractivity contribution in [2.24, 2.45) is 0 Å². The Hall–Kier alpha value is -1.56. The predicted molar refractivity (Wildman–Crippen MR) is 69.2 cm³/mol. The molecule has 18 heavy (non-hydrogen) atoms. The van der Waals surface area contributed by atoms with Crippen LogP contribution in [0.1, 0.15) is 18.5 Å². The molecule has 2 unspecified atom stereocenters. The van der Waals surface area contributed by atoms with E-state index in [1.165, 1.54) is 11.8 Å². The van der Waals surface area contributed by atoms with E-state index >= 15 is 0 Å². The van der Waals surface area contributed by atoms with Crippen molar-refractivity contribution in [1.29, 1.82) is 0 Å². The fraction of sp³-hybridized carbons (Fsp3) is 0.333. The summed E-state index contributed by atoms with van der Waals surface area (Å²) < 4.78 is 0.930. The maximum absolute atomic E-state index is 11.7. The summed E-state index contributed by atoms with van der Waals surface area (Å²) in [5.74, 6) is -1.000. The summed E-state index contributed by atoms with van der Waals surface area (Å²) >= 11 is 3.37. The van der Waals surface area contributed by atoms with E-state index in [4.69, 9.17) is 5.11 Å². The van der Waals surface area contributed by atoms with Crippen LogP contribution >= 0.6 is 15.9 Å².